The van der Waals surface area contributed by atoms with E-state index < -0.39 is 44.9 Å². The highest BCUT2D eigenvalue weighted by Gasteiger charge is 2.46. The van der Waals surface area contributed by atoms with E-state index in [4.69, 9.17) is 19.6 Å². The Hall–Kier alpha value is -1.00. The standard InChI is InChI=1S/C11H18NO9P/c13-8-7(5-20-22(17,18)19)21-10(9(8)14)12-3-1-2-6(4-12)11(15)16/h4,7-10,13-14H,1-3,5H2,(H,15,16)(H2,17,18,19)/t7-,8-,9-,10-/m1/s1. The molecule has 4 atom stereocenters. The molecule has 0 amide bonds. The first-order chi connectivity index (χ1) is 10.2. The highest BCUT2D eigenvalue weighted by molar-refractivity contribution is 7.46. The van der Waals surface area contributed by atoms with Crippen molar-refractivity contribution in [3.63, 3.8) is 0 Å². The second-order valence-electron chi connectivity index (χ2n) is 5.13. The number of nitrogens with zero attached hydrogens (tertiary/aromatic N) is 1. The van der Waals surface area contributed by atoms with Crippen molar-refractivity contribution < 1.29 is 43.7 Å². The Morgan fingerprint density at radius 3 is 2.68 bits per heavy atom. The van der Waals surface area contributed by atoms with Crippen LogP contribution < -0.4 is 0 Å². The molecular formula is C11H18NO9P. The summed E-state index contributed by atoms with van der Waals surface area (Å²) in [5, 5.41) is 28.8. The molecule has 11 heteroatoms. The van der Waals surface area contributed by atoms with E-state index in [2.05, 4.69) is 4.52 Å². The number of aliphatic hydroxyl groups excluding tert-OH is 2. The number of hydrogen-bond donors (Lipinski definition) is 5. The number of ether oxygens (including phenoxy) is 1. The first-order valence-corrected chi connectivity index (χ1v) is 8.13. The first kappa shape index (κ1) is 17.4. The fraction of sp³-hybridized carbons (Fsp3) is 0.727. The van der Waals surface area contributed by atoms with Crippen LogP contribution in [0.25, 0.3) is 0 Å². The van der Waals surface area contributed by atoms with Crippen molar-refractivity contribution in [3.8, 4) is 0 Å². The fourth-order valence-corrected chi connectivity index (χ4v) is 2.80. The van der Waals surface area contributed by atoms with Gasteiger partial charge in [0.1, 0.15) is 18.3 Å². The van der Waals surface area contributed by atoms with Gasteiger partial charge in [-0.2, -0.15) is 0 Å². The molecule has 0 radical (unpaired) electrons. The summed E-state index contributed by atoms with van der Waals surface area (Å²) >= 11 is 0. The lowest BCUT2D eigenvalue weighted by Gasteiger charge is -2.32. The van der Waals surface area contributed by atoms with Crippen LogP contribution in [0, 0.1) is 0 Å². The number of phosphoric ester groups is 1. The van der Waals surface area contributed by atoms with Gasteiger partial charge in [0.2, 0.25) is 0 Å². The van der Waals surface area contributed by atoms with Gasteiger partial charge < -0.3 is 34.7 Å². The van der Waals surface area contributed by atoms with Crippen LogP contribution in [0.3, 0.4) is 0 Å². The van der Waals surface area contributed by atoms with Crippen LogP contribution in [-0.2, 0) is 18.6 Å². The summed E-state index contributed by atoms with van der Waals surface area (Å²) in [6.45, 7) is -0.167. The van der Waals surface area contributed by atoms with Crippen LogP contribution in [0.15, 0.2) is 11.8 Å². The molecule has 22 heavy (non-hydrogen) atoms. The van der Waals surface area contributed by atoms with Crippen molar-refractivity contribution in [1.82, 2.24) is 4.90 Å². The number of carboxylic acids is 1. The third-order valence-electron chi connectivity index (χ3n) is 3.53. The van der Waals surface area contributed by atoms with E-state index in [1.54, 1.807) is 0 Å². The average Bonchev–Trinajstić information content (AvgIpc) is 2.72. The van der Waals surface area contributed by atoms with E-state index >= 15 is 0 Å². The second kappa shape index (κ2) is 6.63. The van der Waals surface area contributed by atoms with Crippen LogP contribution >= 0.6 is 7.82 Å². The Morgan fingerprint density at radius 1 is 1.41 bits per heavy atom. The molecule has 2 aliphatic heterocycles. The highest BCUT2D eigenvalue weighted by Crippen LogP contribution is 2.37. The van der Waals surface area contributed by atoms with Crippen LogP contribution in [0.4, 0.5) is 0 Å². The van der Waals surface area contributed by atoms with Crippen molar-refractivity contribution in [2.24, 2.45) is 0 Å². The summed E-state index contributed by atoms with van der Waals surface area (Å²) in [4.78, 5) is 29.7. The molecular weight excluding hydrogens is 321 g/mol. The molecule has 126 valence electrons. The number of carbonyl (C=O) groups is 1. The smallest absolute Gasteiger partial charge is 0.469 e. The minimum atomic E-state index is -4.72. The minimum absolute atomic E-state index is 0.159. The third-order valence-corrected chi connectivity index (χ3v) is 4.02. The maximum atomic E-state index is 11.0. The maximum Gasteiger partial charge on any atom is 0.469 e. The normalized spacial score (nSPS) is 32.9. The number of aliphatic carboxylic acids is 1. The van der Waals surface area contributed by atoms with Gasteiger partial charge in [-0.25, -0.2) is 9.36 Å². The Balaban J connectivity index is 2.05. The Morgan fingerprint density at radius 2 is 2.09 bits per heavy atom. The fourth-order valence-electron chi connectivity index (χ4n) is 2.46. The molecule has 0 aromatic carbocycles. The van der Waals surface area contributed by atoms with E-state index in [1.165, 1.54) is 11.1 Å². The lowest BCUT2D eigenvalue weighted by atomic mass is 10.1. The monoisotopic (exact) mass is 339 g/mol. The first-order valence-electron chi connectivity index (χ1n) is 6.60. The molecule has 0 unspecified atom stereocenters. The summed E-state index contributed by atoms with van der Waals surface area (Å²) in [6, 6.07) is 0. The summed E-state index contributed by atoms with van der Waals surface area (Å²) in [5.74, 6) is -1.07. The van der Waals surface area contributed by atoms with Crippen LogP contribution in [0.1, 0.15) is 12.8 Å². The molecule has 0 saturated carbocycles. The second-order valence-corrected chi connectivity index (χ2v) is 6.37. The zero-order chi connectivity index (χ0) is 16.5. The van der Waals surface area contributed by atoms with Crippen molar-refractivity contribution in [2.75, 3.05) is 13.2 Å². The SMILES string of the molecule is O=C(O)C1=CN([C@@H]2O[C@H](COP(=O)(O)O)[C@@H](O)[C@H]2O)CCC1. The maximum absolute atomic E-state index is 11.0. The van der Waals surface area contributed by atoms with E-state index in [1.807, 2.05) is 0 Å². The highest BCUT2D eigenvalue weighted by atomic mass is 31.2. The van der Waals surface area contributed by atoms with Crippen LogP contribution in [-0.4, -0.2) is 73.7 Å². The van der Waals surface area contributed by atoms with Gasteiger partial charge in [0.05, 0.1) is 12.2 Å². The Kier molecular flexibility index (Phi) is 5.23. The molecule has 2 heterocycles. The summed E-state index contributed by atoms with van der Waals surface area (Å²) in [6.07, 6.45) is -2.61. The third kappa shape index (κ3) is 4.05. The van der Waals surface area contributed by atoms with Crippen LogP contribution in [0.2, 0.25) is 0 Å². The number of carboxylic acid groups (broad SMARTS) is 1. The number of phosphoric acid groups is 1. The molecule has 0 aromatic heterocycles. The molecule has 0 bridgehead atoms. The van der Waals surface area contributed by atoms with Gasteiger partial charge in [-0.3, -0.25) is 4.52 Å². The summed E-state index contributed by atoms with van der Waals surface area (Å²) in [5.41, 5.74) is 0.159. The quantitative estimate of drug-likeness (QED) is 0.378. The lowest BCUT2D eigenvalue weighted by Crippen LogP contribution is -2.43. The van der Waals surface area contributed by atoms with Gasteiger partial charge in [-0.1, -0.05) is 0 Å². The zero-order valence-electron chi connectivity index (χ0n) is 11.5. The number of aliphatic hydroxyl groups is 2. The van der Waals surface area contributed by atoms with Gasteiger partial charge in [0, 0.05) is 12.7 Å². The van der Waals surface area contributed by atoms with Gasteiger partial charge in [0.25, 0.3) is 0 Å². The molecule has 0 spiro atoms. The largest absolute Gasteiger partial charge is 0.478 e. The van der Waals surface area contributed by atoms with Crippen molar-refractivity contribution in [1.29, 1.82) is 0 Å². The predicted molar refractivity (Wildman–Crippen MR) is 70.3 cm³/mol. The topological polar surface area (TPSA) is 157 Å². The molecule has 10 nitrogen and oxygen atoms in total. The minimum Gasteiger partial charge on any atom is -0.478 e. The molecule has 1 fully saturated rings. The van der Waals surface area contributed by atoms with Gasteiger partial charge >= 0.3 is 13.8 Å². The molecule has 1 saturated heterocycles. The van der Waals surface area contributed by atoms with Gasteiger partial charge in [-0.05, 0) is 12.8 Å². The molecule has 0 aromatic rings. The lowest BCUT2D eigenvalue weighted by molar-refractivity contribution is -0.133. The van der Waals surface area contributed by atoms with E-state index in [0.717, 1.165) is 0 Å². The Labute approximate surface area is 125 Å². The molecule has 2 rings (SSSR count). The summed E-state index contributed by atoms with van der Waals surface area (Å²) < 4.78 is 20.3. The predicted octanol–water partition coefficient (Wildman–Crippen LogP) is -1.39. The molecule has 0 aliphatic carbocycles. The number of rotatable bonds is 5. The van der Waals surface area contributed by atoms with Gasteiger partial charge in [-0.15, -0.1) is 0 Å². The summed E-state index contributed by atoms with van der Waals surface area (Å²) in [7, 11) is -4.72. The molecule has 5 N–H and O–H groups in total. The van der Waals surface area contributed by atoms with E-state index in [0.29, 0.717) is 19.4 Å². The van der Waals surface area contributed by atoms with Crippen LogP contribution in [0.5, 0.6) is 0 Å². The van der Waals surface area contributed by atoms with Crippen molar-refractivity contribution in [2.45, 2.75) is 37.4 Å². The van der Waals surface area contributed by atoms with Crippen molar-refractivity contribution in [3.05, 3.63) is 11.8 Å². The molecule has 2 aliphatic rings. The average molecular weight is 339 g/mol. The number of hydrogen-bond acceptors (Lipinski definition) is 7. The van der Waals surface area contributed by atoms with E-state index in [-0.39, 0.29) is 5.57 Å². The van der Waals surface area contributed by atoms with Gasteiger partial charge in [0.15, 0.2) is 6.23 Å². The van der Waals surface area contributed by atoms with E-state index in [9.17, 15) is 19.6 Å². The zero-order valence-corrected chi connectivity index (χ0v) is 12.4. The van der Waals surface area contributed by atoms with Crippen molar-refractivity contribution >= 4 is 13.8 Å². The Bertz CT molecular complexity index is 504.